The first-order chi connectivity index (χ1) is 7.08. The van der Waals surface area contributed by atoms with Crippen LogP contribution in [0, 0.1) is 0 Å². The molecule has 0 unspecified atom stereocenters. The maximum absolute atomic E-state index is 11.7. The van der Waals surface area contributed by atoms with E-state index in [4.69, 9.17) is 5.11 Å². The Morgan fingerprint density at radius 1 is 1.07 bits per heavy atom. The smallest absolute Gasteiger partial charge is 0.216 e. The van der Waals surface area contributed by atoms with Gasteiger partial charge in [0.2, 0.25) is 10.0 Å². The van der Waals surface area contributed by atoms with Crippen molar-refractivity contribution in [1.29, 1.82) is 0 Å². The fourth-order valence-electron chi connectivity index (χ4n) is 1.30. The molecule has 0 saturated heterocycles. The summed E-state index contributed by atoms with van der Waals surface area (Å²) in [6.45, 7) is 4.95. The Bertz CT molecular complexity index is 231. The molecule has 0 aliphatic carbocycles. The third kappa shape index (κ3) is 6.12. The zero-order valence-corrected chi connectivity index (χ0v) is 10.6. The van der Waals surface area contributed by atoms with Gasteiger partial charge in [-0.1, -0.05) is 26.7 Å². The van der Waals surface area contributed by atoms with Crippen LogP contribution in [0.1, 0.15) is 39.5 Å². The average Bonchev–Trinajstić information content (AvgIpc) is 2.17. The number of aliphatic hydroxyl groups is 1. The summed E-state index contributed by atoms with van der Waals surface area (Å²) in [5.74, 6) is -0.152. The molecule has 0 aromatic rings. The number of sulfonamides is 1. The van der Waals surface area contributed by atoms with Crippen LogP contribution in [0.4, 0.5) is 0 Å². The Morgan fingerprint density at radius 3 is 1.87 bits per heavy atom. The zero-order chi connectivity index (χ0) is 11.7. The van der Waals surface area contributed by atoms with Crippen LogP contribution < -0.4 is 0 Å². The molecule has 92 valence electrons. The first-order valence-electron chi connectivity index (χ1n) is 5.67. The molecule has 0 spiro atoms. The van der Waals surface area contributed by atoms with Gasteiger partial charge in [-0.05, 0) is 12.8 Å². The van der Waals surface area contributed by atoms with Crippen LogP contribution in [-0.4, -0.2) is 43.3 Å². The summed E-state index contributed by atoms with van der Waals surface area (Å²) in [5.41, 5.74) is 0. The van der Waals surface area contributed by atoms with Crippen LogP contribution in [0.15, 0.2) is 0 Å². The lowest BCUT2D eigenvalue weighted by Gasteiger charge is -2.21. The highest BCUT2D eigenvalue weighted by atomic mass is 32.2. The summed E-state index contributed by atoms with van der Waals surface area (Å²) in [4.78, 5) is 0. The summed E-state index contributed by atoms with van der Waals surface area (Å²) < 4.78 is 24.9. The Morgan fingerprint density at radius 2 is 1.53 bits per heavy atom. The minimum absolute atomic E-state index is 0.152. The second-order valence-corrected chi connectivity index (χ2v) is 5.73. The summed E-state index contributed by atoms with van der Waals surface area (Å²) >= 11 is 0. The lowest BCUT2D eigenvalue weighted by atomic mass is 10.3. The Kier molecular flexibility index (Phi) is 8.00. The molecule has 0 radical (unpaired) electrons. The normalized spacial score (nSPS) is 12.3. The van der Waals surface area contributed by atoms with E-state index in [0.29, 0.717) is 13.1 Å². The van der Waals surface area contributed by atoms with Crippen LogP contribution in [0.2, 0.25) is 0 Å². The quantitative estimate of drug-likeness (QED) is 0.656. The van der Waals surface area contributed by atoms with Crippen LogP contribution >= 0.6 is 0 Å². The highest BCUT2D eigenvalue weighted by Gasteiger charge is 2.19. The van der Waals surface area contributed by atoms with E-state index < -0.39 is 10.0 Å². The van der Waals surface area contributed by atoms with E-state index in [1.807, 2.05) is 13.8 Å². The molecule has 0 aliphatic rings. The van der Waals surface area contributed by atoms with Crippen molar-refractivity contribution in [3.63, 3.8) is 0 Å². The highest BCUT2D eigenvalue weighted by Crippen LogP contribution is 2.06. The van der Waals surface area contributed by atoms with Gasteiger partial charge in [0.15, 0.2) is 0 Å². The molecule has 4 nitrogen and oxygen atoms in total. The van der Waals surface area contributed by atoms with Gasteiger partial charge in [-0.3, -0.25) is 0 Å². The van der Waals surface area contributed by atoms with Gasteiger partial charge in [0.05, 0.1) is 12.4 Å². The molecule has 1 N–H and O–H groups in total. The first-order valence-corrected chi connectivity index (χ1v) is 7.28. The zero-order valence-electron chi connectivity index (χ0n) is 9.78. The molecule has 0 amide bonds. The van der Waals surface area contributed by atoms with Crippen LogP contribution in [0.5, 0.6) is 0 Å². The number of hydrogen-bond acceptors (Lipinski definition) is 3. The highest BCUT2D eigenvalue weighted by molar-refractivity contribution is 7.89. The molecule has 0 heterocycles. The summed E-state index contributed by atoms with van der Waals surface area (Å²) in [6, 6.07) is 0. The number of aliphatic hydroxyl groups excluding tert-OH is 1. The maximum Gasteiger partial charge on any atom is 0.216 e. The molecule has 0 saturated carbocycles. The van der Waals surface area contributed by atoms with E-state index in [1.54, 1.807) is 0 Å². The molecule has 0 aromatic carbocycles. The van der Waals surface area contributed by atoms with Gasteiger partial charge < -0.3 is 5.11 Å². The van der Waals surface area contributed by atoms with Crippen LogP contribution in [0.25, 0.3) is 0 Å². The third-order valence-corrected chi connectivity index (χ3v) is 4.12. The molecular formula is C10H23NO3S. The molecule has 0 aliphatic heterocycles. The third-order valence-electron chi connectivity index (χ3n) is 2.26. The first kappa shape index (κ1) is 14.9. The van der Waals surface area contributed by atoms with Crippen LogP contribution in [0.3, 0.4) is 0 Å². The Labute approximate surface area is 93.3 Å². The molecule has 0 fully saturated rings. The van der Waals surface area contributed by atoms with Crippen molar-refractivity contribution in [2.75, 3.05) is 25.4 Å². The number of hydrogen-bond donors (Lipinski definition) is 1. The summed E-state index contributed by atoms with van der Waals surface area (Å²) in [5, 5.41) is 8.70. The van der Waals surface area contributed by atoms with E-state index >= 15 is 0 Å². The molecule has 15 heavy (non-hydrogen) atoms. The van der Waals surface area contributed by atoms with Gasteiger partial charge in [0.25, 0.3) is 0 Å². The second-order valence-electron chi connectivity index (χ2n) is 3.65. The van der Waals surface area contributed by atoms with Gasteiger partial charge in [-0.15, -0.1) is 0 Å². The van der Waals surface area contributed by atoms with Crippen molar-refractivity contribution in [2.45, 2.75) is 39.5 Å². The summed E-state index contributed by atoms with van der Waals surface area (Å²) in [7, 11) is -3.23. The lowest BCUT2D eigenvalue weighted by Crippen LogP contribution is -2.35. The van der Waals surface area contributed by atoms with E-state index in [9.17, 15) is 8.42 Å². The maximum atomic E-state index is 11.7. The van der Waals surface area contributed by atoms with E-state index in [-0.39, 0.29) is 12.4 Å². The van der Waals surface area contributed by atoms with Crippen LogP contribution in [-0.2, 0) is 10.0 Å². The van der Waals surface area contributed by atoms with Gasteiger partial charge in [0, 0.05) is 13.1 Å². The van der Waals surface area contributed by atoms with E-state index in [1.165, 1.54) is 4.31 Å². The molecular weight excluding hydrogens is 214 g/mol. The van der Waals surface area contributed by atoms with Crippen molar-refractivity contribution in [1.82, 2.24) is 4.31 Å². The minimum Gasteiger partial charge on any atom is -0.395 e. The fraction of sp³-hybridized carbons (Fsp3) is 1.00. The predicted octanol–water partition coefficient (Wildman–Crippen LogP) is 1.21. The number of nitrogens with zero attached hydrogens (tertiary/aromatic N) is 1. The topological polar surface area (TPSA) is 57.6 Å². The molecule has 0 rings (SSSR count). The fourth-order valence-corrected chi connectivity index (χ4v) is 2.61. The average molecular weight is 237 g/mol. The second kappa shape index (κ2) is 8.07. The lowest BCUT2D eigenvalue weighted by molar-refractivity contribution is 0.313. The molecule has 0 atom stereocenters. The van der Waals surface area contributed by atoms with Gasteiger partial charge in [0.1, 0.15) is 0 Å². The van der Waals surface area contributed by atoms with Gasteiger partial charge in [-0.25, -0.2) is 12.7 Å². The van der Waals surface area contributed by atoms with Crippen molar-refractivity contribution in [3.05, 3.63) is 0 Å². The van der Waals surface area contributed by atoms with Crippen molar-refractivity contribution >= 4 is 10.0 Å². The Hall–Kier alpha value is -0.130. The Balaban J connectivity index is 4.32. The minimum atomic E-state index is -3.23. The predicted molar refractivity (Wildman–Crippen MR) is 62.3 cm³/mol. The van der Waals surface area contributed by atoms with E-state index in [0.717, 1.165) is 25.7 Å². The molecule has 0 bridgehead atoms. The van der Waals surface area contributed by atoms with Crippen molar-refractivity contribution in [2.24, 2.45) is 0 Å². The number of rotatable bonds is 9. The SMILES string of the molecule is CCCCN(CCCC)S(=O)(=O)CCO. The molecule has 5 heteroatoms. The standard InChI is InChI=1S/C10H23NO3S/c1-3-5-7-11(8-6-4-2)15(13,14)10-9-12/h12H,3-10H2,1-2H3. The van der Waals surface area contributed by atoms with Crippen molar-refractivity contribution < 1.29 is 13.5 Å². The molecule has 0 aromatic heterocycles. The summed E-state index contributed by atoms with van der Waals surface area (Å²) in [6.07, 6.45) is 3.73. The van der Waals surface area contributed by atoms with Crippen molar-refractivity contribution in [3.8, 4) is 0 Å². The van der Waals surface area contributed by atoms with Gasteiger partial charge in [-0.2, -0.15) is 0 Å². The monoisotopic (exact) mass is 237 g/mol. The van der Waals surface area contributed by atoms with Gasteiger partial charge >= 0.3 is 0 Å². The van der Waals surface area contributed by atoms with E-state index in [2.05, 4.69) is 0 Å². The largest absolute Gasteiger partial charge is 0.395 e. The number of unbranched alkanes of at least 4 members (excludes halogenated alkanes) is 2.